The van der Waals surface area contributed by atoms with Crippen molar-refractivity contribution in [1.29, 1.82) is 0 Å². The van der Waals surface area contributed by atoms with E-state index < -0.39 is 0 Å². The molecule has 106 valence electrons. The molecule has 1 aliphatic rings. The van der Waals surface area contributed by atoms with Crippen LogP contribution in [0.3, 0.4) is 0 Å². The van der Waals surface area contributed by atoms with Crippen LogP contribution in [-0.4, -0.2) is 26.3 Å². The van der Waals surface area contributed by atoms with E-state index in [1.54, 1.807) is 0 Å². The number of nitrogens with one attached hydrogen (secondary N) is 1. The third-order valence-corrected chi connectivity index (χ3v) is 4.18. The van der Waals surface area contributed by atoms with Gasteiger partial charge in [0.1, 0.15) is 0 Å². The summed E-state index contributed by atoms with van der Waals surface area (Å²) in [4.78, 5) is 0. The molecule has 1 fully saturated rings. The van der Waals surface area contributed by atoms with Crippen molar-refractivity contribution in [3.05, 3.63) is 35.4 Å². The summed E-state index contributed by atoms with van der Waals surface area (Å²) in [6, 6.07) is 9.02. The zero-order valence-corrected chi connectivity index (χ0v) is 12.4. The average molecular weight is 261 g/mol. The van der Waals surface area contributed by atoms with Crippen LogP contribution in [0.2, 0.25) is 0 Å². The van der Waals surface area contributed by atoms with Crippen LogP contribution < -0.4 is 5.32 Å². The van der Waals surface area contributed by atoms with Crippen LogP contribution >= 0.6 is 0 Å². The van der Waals surface area contributed by atoms with Crippen LogP contribution in [0.1, 0.15) is 37.3 Å². The largest absolute Gasteiger partial charge is 0.381 e. The average Bonchev–Trinajstić information content (AvgIpc) is 2.43. The molecule has 19 heavy (non-hydrogen) atoms. The van der Waals surface area contributed by atoms with Gasteiger partial charge in [-0.2, -0.15) is 0 Å². The van der Waals surface area contributed by atoms with Gasteiger partial charge in [-0.15, -0.1) is 0 Å². The number of ether oxygens (including phenoxy) is 1. The van der Waals surface area contributed by atoms with Crippen LogP contribution in [0.5, 0.6) is 0 Å². The topological polar surface area (TPSA) is 21.3 Å². The molecule has 1 aromatic carbocycles. The molecule has 2 heteroatoms. The summed E-state index contributed by atoms with van der Waals surface area (Å²) in [7, 11) is 0. The van der Waals surface area contributed by atoms with E-state index >= 15 is 0 Å². The van der Waals surface area contributed by atoms with Gasteiger partial charge < -0.3 is 10.1 Å². The molecule has 0 aliphatic carbocycles. The first kappa shape index (κ1) is 14.5. The number of benzene rings is 1. The van der Waals surface area contributed by atoms with Crippen molar-refractivity contribution >= 4 is 0 Å². The highest BCUT2D eigenvalue weighted by Gasteiger charge is 2.32. The van der Waals surface area contributed by atoms with Crippen molar-refractivity contribution in [2.75, 3.05) is 26.3 Å². The van der Waals surface area contributed by atoms with Crippen molar-refractivity contribution < 1.29 is 4.74 Å². The molecule has 0 bridgehead atoms. The Balaban J connectivity index is 2.01. The van der Waals surface area contributed by atoms with E-state index in [0.29, 0.717) is 5.41 Å². The monoisotopic (exact) mass is 261 g/mol. The number of aryl methyl sites for hydroxylation is 1. The van der Waals surface area contributed by atoms with E-state index in [-0.39, 0.29) is 0 Å². The molecular weight excluding hydrogens is 234 g/mol. The van der Waals surface area contributed by atoms with E-state index in [4.69, 9.17) is 4.74 Å². The lowest BCUT2D eigenvalue weighted by Crippen LogP contribution is -2.41. The Morgan fingerprint density at radius 3 is 2.47 bits per heavy atom. The van der Waals surface area contributed by atoms with Crippen LogP contribution in [0.4, 0.5) is 0 Å². The minimum absolute atomic E-state index is 0.392. The van der Waals surface area contributed by atoms with Crippen LogP contribution in [0.15, 0.2) is 24.3 Å². The standard InChI is InChI=1S/C17H27NO/c1-3-10-18-14-17(8-11-19-12-9-17)13-16-6-4-15(2)5-7-16/h4-7,18H,3,8-14H2,1-2H3. The normalized spacial score (nSPS) is 18.4. The third kappa shape index (κ3) is 4.32. The lowest BCUT2D eigenvalue weighted by molar-refractivity contribution is 0.0150. The first-order chi connectivity index (χ1) is 9.24. The fraction of sp³-hybridized carbons (Fsp3) is 0.647. The van der Waals surface area contributed by atoms with Crippen LogP contribution in [0, 0.1) is 12.3 Å². The predicted molar refractivity (Wildman–Crippen MR) is 80.5 cm³/mol. The third-order valence-electron chi connectivity index (χ3n) is 4.18. The molecule has 1 saturated heterocycles. The second-order valence-electron chi connectivity index (χ2n) is 5.95. The van der Waals surface area contributed by atoms with Gasteiger partial charge in [-0.25, -0.2) is 0 Å². The molecular formula is C17H27NO. The molecule has 0 aromatic heterocycles. The van der Waals surface area contributed by atoms with E-state index in [2.05, 4.69) is 43.4 Å². The molecule has 0 saturated carbocycles. The van der Waals surface area contributed by atoms with Gasteiger partial charge in [0.15, 0.2) is 0 Å². The zero-order valence-electron chi connectivity index (χ0n) is 12.4. The van der Waals surface area contributed by atoms with Gasteiger partial charge in [0.05, 0.1) is 0 Å². The van der Waals surface area contributed by atoms with E-state index in [9.17, 15) is 0 Å². The molecule has 2 rings (SSSR count). The zero-order chi connectivity index (χ0) is 13.6. The Morgan fingerprint density at radius 1 is 1.16 bits per heavy atom. The molecule has 1 heterocycles. The maximum absolute atomic E-state index is 5.56. The van der Waals surface area contributed by atoms with Crippen molar-refractivity contribution in [2.24, 2.45) is 5.41 Å². The maximum Gasteiger partial charge on any atom is 0.0471 e. The summed E-state index contributed by atoms with van der Waals surface area (Å²) < 4.78 is 5.56. The number of hydrogen-bond donors (Lipinski definition) is 1. The molecule has 1 N–H and O–H groups in total. The van der Waals surface area contributed by atoms with E-state index in [1.165, 1.54) is 36.8 Å². The minimum atomic E-state index is 0.392. The molecule has 0 atom stereocenters. The maximum atomic E-state index is 5.56. The van der Waals surface area contributed by atoms with Crippen molar-refractivity contribution in [2.45, 2.75) is 39.5 Å². The summed E-state index contributed by atoms with van der Waals surface area (Å²) in [5.41, 5.74) is 3.20. The van der Waals surface area contributed by atoms with Gasteiger partial charge in [-0.05, 0) is 50.1 Å². The molecule has 1 aromatic rings. The Labute approximate surface area is 117 Å². The van der Waals surface area contributed by atoms with Gasteiger partial charge in [0.2, 0.25) is 0 Å². The SMILES string of the molecule is CCCNCC1(Cc2ccc(C)cc2)CCOCC1. The highest BCUT2D eigenvalue weighted by molar-refractivity contribution is 5.22. The van der Waals surface area contributed by atoms with Crippen molar-refractivity contribution in [3.63, 3.8) is 0 Å². The van der Waals surface area contributed by atoms with Gasteiger partial charge >= 0.3 is 0 Å². The molecule has 2 nitrogen and oxygen atoms in total. The molecule has 0 radical (unpaired) electrons. The molecule has 0 spiro atoms. The molecule has 1 aliphatic heterocycles. The highest BCUT2D eigenvalue weighted by atomic mass is 16.5. The Morgan fingerprint density at radius 2 is 1.84 bits per heavy atom. The second kappa shape index (κ2) is 7.06. The predicted octanol–water partition coefficient (Wildman–Crippen LogP) is 3.33. The van der Waals surface area contributed by atoms with Gasteiger partial charge in [0, 0.05) is 19.8 Å². The summed E-state index contributed by atoms with van der Waals surface area (Å²) in [5, 5.41) is 3.62. The minimum Gasteiger partial charge on any atom is -0.381 e. The van der Waals surface area contributed by atoms with E-state index in [1.807, 2.05) is 0 Å². The fourth-order valence-electron chi connectivity index (χ4n) is 2.89. The Bertz CT molecular complexity index is 365. The van der Waals surface area contributed by atoms with Gasteiger partial charge in [-0.1, -0.05) is 36.8 Å². The van der Waals surface area contributed by atoms with E-state index in [0.717, 1.165) is 26.3 Å². The Hall–Kier alpha value is -0.860. The molecule has 0 amide bonds. The number of hydrogen-bond acceptors (Lipinski definition) is 2. The highest BCUT2D eigenvalue weighted by Crippen LogP contribution is 2.33. The first-order valence-electron chi connectivity index (χ1n) is 7.58. The summed E-state index contributed by atoms with van der Waals surface area (Å²) in [6.45, 7) is 8.45. The summed E-state index contributed by atoms with van der Waals surface area (Å²) in [6.07, 6.45) is 4.74. The quantitative estimate of drug-likeness (QED) is 0.793. The first-order valence-corrected chi connectivity index (χ1v) is 7.58. The van der Waals surface area contributed by atoms with Crippen molar-refractivity contribution in [1.82, 2.24) is 5.32 Å². The van der Waals surface area contributed by atoms with Crippen LogP contribution in [-0.2, 0) is 11.2 Å². The lowest BCUT2D eigenvalue weighted by atomic mass is 9.75. The molecule has 0 unspecified atom stereocenters. The number of rotatable bonds is 6. The van der Waals surface area contributed by atoms with Gasteiger partial charge in [0.25, 0.3) is 0 Å². The second-order valence-corrected chi connectivity index (χ2v) is 5.95. The summed E-state index contributed by atoms with van der Waals surface area (Å²) >= 11 is 0. The summed E-state index contributed by atoms with van der Waals surface area (Å²) in [5.74, 6) is 0. The fourth-order valence-corrected chi connectivity index (χ4v) is 2.89. The lowest BCUT2D eigenvalue weighted by Gasteiger charge is -2.38. The van der Waals surface area contributed by atoms with Gasteiger partial charge in [-0.3, -0.25) is 0 Å². The Kier molecular flexibility index (Phi) is 5.41. The smallest absolute Gasteiger partial charge is 0.0471 e. The van der Waals surface area contributed by atoms with Crippen LogP contribution in [0.25, 0.3) is 0 Å². The van der Waals surface area contributed by atoms with Crippen molar-refractivity contribution in [3.8, 4) is 0 Å².